The quantitative estimate of drug-likeness (QED) is 0.691. The number of ether oxygens (including phenoxy) is 2. The Morgan fingerprint density at radius 1 is 1.41 bits per heavy atom. The fraction of sp³-hybridized carbons (Fsp3) is 0.692. The Balaban J connectivity index is 2.67. The molecule has 1 unspecified atom stereocenters. The molecule has 0 radical (unpaired) electrons. The standard InChI is InChI=1S/C13H20O4/c1-4-16-10-6-7-13(3,11(14)8-10)9-12(15)17-5-2/h8H,4-7,9H2,1-3H3. The number of hydrogen-bond acceptors (Lipinski definition) is 4. The molecule has 0 aliphatic heterocycles. The van der Waals surface area contributed by atoms with E-state index in [0.29, 0.717) is 26.1 Å². The Bertz CT molecular complexity index is 332. The van der Waals surface area contributed by atoms with E-state index in [4.69, 9.17) is 9.47 Å². The minimum absolute atomic E-state index is 0.0414. The topological polar surface area (TPSA) is 52.6 Å². The molecule has 1 aliphatic carbocycles. The van der Waals surface area contributed by atoms with Crippen molar-refractivity contribution in [2.75, 3.05) is 13.2 Å². The first-order chi connectivity index (χ1) is 8.01. The van der Waals surface area contributed by atoms with Gasteiger partial charge < -0.3 is 9.47 Å². The molecule has 0 heterocycles. The summed E-state index contributed by atoms with van der Waals surface area (Å²) >= 11 is 0. The third-order valence-corrected chi connectivity index (χ3v) is 2.98. The maximum Gasteiger partial charge on any atom is 0.306 e. The Morgan fingerprint density at radius 3 is 2.65 bits per heavy atom. The first-order valence-corrected chi connectivity index (χ1v) is 6.05. The van der Waals surface area contributed by atoms with Gasteiger partial charge in [0.25, 0.3) is 0 Å². The second kappa shape index (κ2) is 5.84. The molecular weight excluding hydrogens is 220 g/mol. The van der Waals surface area contributed by atoms with E-state index in [-0.39, 0.29) is 18.2 Å². The van der Waals surface area contributed by atoms with Crippen LogP contribution in [0.3, 0.4) is 0 Å². The highest BCUT2D eigenvalue weighted by Gasteiger charge is 2.37. The molecule has 1 rings (SSSR count). The average molecular weight is 240 g/mol. The predicted molar refractivity (Wildman–Crippen MR) is 63.3 cm³/mol. The summed E-state index contributed by atoms with van der Waals surface area (Å²) in [5.74, 6) is 0.371. The van der Waals surface area contributed by atoms with Gasteiger partial charge in [0.1, 0.15) is 0 Å². The first-order valence-electron chi connectivity index (χ1n) is 6.05. The number of hydrogen-bond donors (Lipinski definition) is 0. The van der Waals surface area contributed by atoms with Gasteiger partial charge in [0.2, 0.25) is 0 Å². The summed E-state index contributed by atoms with van der Waals surface area (Å²) in [5, 5.41) is 0. The molecule has 0 spiro atoms. The van der Waals surface area contributed by atoms with Crippen LogP contribution in [0.5, 0.6) is 0 Å². The molecule has 0 N–H and O–H groups in total. The molecule has 4 heteroatoms. The van der Waals surface area contributed by atoms with E-state index < -0.39 is 5.41 Å². The van der Waals surface area contributed by atoms with Crippen LogP contribution < -0.4 is 0 Å². The lowest BCUT2D eigenvalue weighted by molar-refractivity contribution is -0.148. The molecule has 0 saturated heterocycles. The van der Waals surface area contributed by atoms with E-state index in [1.54, 1.807) is 6.92 Å². The highest BCUT2D eigenvalue weighted by atomic mass is 16.5. The van der Waals surface area contributed by atoms with Gasteiger partial charge in [-0.05, 0) is 20.3 Å². The third-order valence-electron chi connectivity index (χ3n) is 2.98. The van der Waals surface area contributed by atoms with Crippen molar-refractivity contribution in [2.45, 2.75) is 40.0 Å². The predicted octanol–water partition coefficient (Wildman–Crippen LogP) is 2.23. The van der Waals surface area contributed by atoms with Gasteiger partial charge >= 0.3 is 5.97 Å². The van der Waals surface area contributed by atoms with Crippen molar-refractivity contribution >= 4 is 11.8 Å². The second-order valence-electron chi connectivity index (χ2n) is 4.45. The lowest BCUT2D eigenvalue weighted by atomic mass is 9.75. The number of ketones is 1. The molecule has 0 bridgehead atoms. The van der Waals surface area contributed by atoms with Gasteiger partial charge in [0.05, 0.1) is 25.4 Å². The van der Waals surface area contributed by atoms with Crippen molar-refractivity contribution in [3.8, 4) is 0 Å². The molecule has 17 heavy (non-hydrogen) atoms. The van der Waals surface area contributed by atoms with Crippen LogP contribution >= 0.6 is 0 Å². The Kier molecular flexibility index (Phi) is 4.73. The highest BCUT2D eigenvalue weighted by molar-refractivity contribution is 5.98. The van der Waals surface area contributed by atoms with E-state index in [9.17, 15) is 9.59 Å². The fourth-order valence-electron chi connectivity index (χ4n) is 1.92. The Morgan fingerprint density at radius 2 is 2.12 bits per heavy atom. The Hall–Kier alpha value is -1.32. The largest absolute Gasteiger partial charge is 0.498 e. The molecule has 1 aliphatic rings. The van der Waals surface area contributed by atoms with Gasteiger partial charge in [0, 0.05) is 17.9 Å². The second-order valence-corrected chi connectivity index (χ2v) is 4.45. The first kappa shape index (κ1) is 13.7. The van der Waals surface area contributed by atoms with Gasteiger partial charge in [-0.2, -0.15) is 0 Å². The van der Waals surface area contributed by atoms with Gasteiger partial charge in [-0.1, -0.05) is 6.92 Å². The summed E-state index contributed by atoms with van der Waals surface area (Å²) in [5.41, 5.74) is -0.632. The van der Waals surface area contributed by atoms with E-state index in [1.807, 2.05) is 13.8 Å². The molecule has 1 atom stereocenters. The van der Waals surface area contributed by atoms with Crippen molar-refractivity contribution in [1.82, 2.24) is 0 Å². The molecule has 0 aromatic heterocycles. The molecule has 0 aromatic rings. The van der Waals surface area contributed by atoms with Gasteiger partial charge in [-0.3, -0.25) is 9.59 Å². The lowest BCUT2D eigenvalue weighted by Crippen LogP contribution is -2.33. The van der Waals surface area contributed by atoms with Crippen LogP contribution in [0.15, 0.2) is 11.8 Å². The van der Waals surface area contributed by atoms with Crippen LogP contribution in [0.2, 0.25) is 0 Å². The van der Waals surface area contributed by atoms with Crippen LogP contribution in [0.4, 0.5) is 0 Å². The summed E-state index contributed by atoms with van der Waals surface area (Å²) in [6.45, 7) is 6.37. The molecule has 96 valence electrons. The molecule has 0 fully saturated rings. The van der Waals surface area contributed by atoms with Crippen molar-refractivity contribution in [2.24, 2.45) is 5.41 Å². The summed E-state index contributed by atoms with van der Waals surface area (Å²) in [7, 11) is 0. The van der Waals surface area contributed by atoms with E-state index in [1.165, 1.54) is 6.08 Å². The third kappa shape index (κ3) is 3.58. The zero-order valence-corrected chi connectivity index (χ0v) is 10.7. The van der Waals surface area contributed by atoms with Crippen LogP contribution in [-0.2, 0) is 19.1 Å². The van der Waals surface area contributed by atoms with E-state index in [2.05, 4.69) is 0 Å². The van der Waals surface area contributed by atoms with Gasteiger partial charge in [-0.25, -0.2) is 0 Å². The Labute approximate surface area is 102 Å². The van der Waals surface area contributed by atoms with Crippen LogP contribution in [0.25, 0.3) is 0 Å². The highest BCUT2D eigenvalue weighted by Crippen LogP contribution is 2.35. The summed E-state index contributed by atoms with van der Waals surface area (Å²) in [6.07, 6.45) is 3.01. The summed E-state index contributed by atoms with van der Waals surface area (Å²) in [4.78, 5) is 23.4. The fourth-order valence-corrected chi connectivity index (χ4v) is 1.92. The average Bonchev–Trinajstić information content (AvgIpc) is 2.25. The minimum Gasteiger partial charge on any atom is -0.498 e. The molecule has 4 nitrogen and oxygen atoms in total. The molecular formula is C13H20O4. The van der Waals surface area contributed by atoms with Gasteiger partial charge in [-0.15, -0.1) is 0 Å². The van der Waals surface area contributed by atoms with Crippen molar-refractivity contribution < 1.29 is 19.1 Å². The van der Waals surface area contributed by atoms with Crippen LogP contribution in [0.1, 0.15) is 40.0 Å². The van der Waals surface area contributed by atoms with Crippen molar-refractivity contribution in [3.63, 3.8) is 0 Å². The maximum absolute atomic E-state index is 12.0. The van der Waals surface area contributed by atoms with Crippen LogP contribution in [0, 0.1) is 5.41 Å². The number of carbonyl (C=O) groups is 2. The normalized spacial score (nSPS) is 24.2. The molecule has 0 saturated carbocycles. The van der Waals surface area contributed by atoms with Crippen molar-refractivity contribution in [3.05, 3.63) is 11.8 Å². The van der Waals surface area contributed by atoms with Crippen LogP contribution in [-0.4, -0.2) is 25.0 Å². The number of allylic oxidation sites excluding steroid dienone is 2. The summed E-state index contributed by atoms with van der Waals surface area (Å²) in [6, 6.07) is 0. The lowest BCUT2D eigenvalue weighted by Gasteiger charge is -2.30. The summed E-state index contributed by atoms with van der Waals surface area (Å²) < 4.78 is 10.2. The number of esters is 1. The minimum atomic E-state index is -0.632. The number of rotatable bonds is 5. The zero-order chi connectivity index (χ0) is 12.9. The SMILES string of the molecule is CCOC(=O)CC1(C)CCC(OCC)=CC1=O. The van der Waals surface area contributed by atoms with E-state index >= 15 is 0 Å². The molecule has 0 aromatic carbocycles. The van der Waals surface area contributed by atoms with Gasteiger partial charge in [0.15, 0.2) is 5.78 Å². The zero-order valence-electron chi connectivity index (χ0n) is 10.7. The maximum atomic E-state index is 12.0. The number of carbonyl (C=O) groups excluding carboxylic acids is 2. The molecule has 0 amide bonds. The monoisotopic (exact) mass is 240 g/mol. The van der Waals surface area contributed by atoms with Crippen molar-refractivity contribution in [1.29, 1.82) is 0 Å². The smallest absolute Gasteiger partial charge is 0.306 e. The van der Waals surface area contributed by atoms with E-state index in [0.717, 1.165) is 5.76 Å².